The summed E-state index contributed by atoms with van der Waals surface area (Å²) < 4.78 is 0. The van der Waals surface area contributed by atoms with Gasteiger partial charge in [0.1, 0.15) is 5.82 Å². The first kappa shape index (κ1) is 27.3. The van der Waals surface area contributed by atoms with Crippen molar-refractivity contribution in [3.8, 4) is 12.3 Å². The zero-order valence-corrected chi connectivity index (χ0v) is 23.7. The van der Waals surface area contributed by atoms with Crippen LogP contribution in [0.5, 0.6) is 0 Å². The molecule has 1 fully saturated rings. The predicted octanol–water partition coefficient (Wildman–Crippen LogP) is 5.78. The number of hydrogen-bond acceptors (Lipinski definition) is 5. The van der Waals surface area contributed by atoms with Crippen LogP contribution >= 0.6 is 0 Å². The van der Waals surface area contributed by atoms with Crippen LogP contribution in [0.1, 0.15) is 62.2 Å². The number of Topliss-reactive ketones (excluding diaryl/α,β-unsaturated/α-hetero) is 1. The van der Waals surface area contributed by atoms with Crippen molar-refractivity contribution in [2.75, 3.05) is 31.1 Å². The zero-order valence-electron chi connectivity index (χ0n) is 23.7. The highest BCUT2D eigenvalue weighted by Crippen LogP contribution is 2.23. The minimum absolute atomic E-state index is 0.109. The van der Waals surface area contributed by atoms with E-state index in [2.05, 4.69) is 58.8 Å². The Morgan fingerprint density at radius 3 is 2.17 bits per heavy atom. The fourth-order valence-corrected chi connectivity index (χ4v) is 5.49. The van der Waals surface area contributed by atoms with E-state index in [1.807, 2.05) is 48.7 Å². The van der Waals surface area contributed by atoms with Crippen LogP contribution in [0.15, 0.2) is 72.9 Å². The molecule has 0 unspecified atom stereocenters. The third-order valence-corrected chi connectivity index (χ3v) is 7.78. The summed E-state index contributed by atoms with van der Waals surface area (Å²) in [5, 5.41) is 0. The van der Waals surface area contributed by atoms with Gasteiger partial charge in [-0.1, -0.05) is 30.2 Å². The van der Waals surface area contributed by atoms with E-state index < -0.39 is 0 Å². The number of rotatable bonds is 8. The quantitative estimate of drug-likeness (QED) is 0.214. The highest BCUT2D eigenvalue weighted by molar-refractivity contribution is 5.94. The number of hydrogen-bond donors (Lipinski definition) is 0. The third kappa shape index (κ3) is 6.65. The minimum atomic E-state index is 0.109. The Morgan fingerprint density at radius 2 is 1.55 bits per heavy atom. The van der Waals surface area contributed by atoms with Crippen LogP contribution in [-0.2, 0) is 19.4 Å². The number of aromatic nitrogens is 2. The Kier molecular flexibility index (Phi) is 8.38. The van der Waals surface area contributed by atoms with Gasteiger partial charge in [-0.2, -0.15) is 0 Å². The maximum Gasteiger partial charge on any atom is 0.159 e. The molecule has 1 saturated heterocycles. The highest BCUT2D eigenvalue weighted by atomic mass is 16.1. The molecule has 0 amide bonds. The van der Waals surface area contributed by atoms with E-state index >= 15 is 0 Å². The monoisotopic (exact) mass is 528 g/mol. The standard InChI is InChI=1S/C35H36N4O/c1-5-28-6-8-29(9-7-28)22-35-36-15-14-32(37-35)23-34-25(2)20-30(21-26(34)3)24-38-16-18-39(19-17-38)33-12-10-31(11-13-33)27(4)40/h1,6-15,20-21H,16-19,22-24H2,2-4H3. The van der Waals surface area contributed by atoms with Crippen molar-refractivity contribution in [3.05, 3.63) is 123 Å². The van der Waals surface area contributed by atoms with Gasteiger partial charge in [0, 0.05) is 74.3 Å². The van der Waals surface area contributed by atoms with Crippen LogP contribution in [0.2, 0.25) is 0 Å². The minimum Gasteiger partial charge on any atom is -0.369 e. The molecule has 1 aliphatic rings. The Balaban J connectivity index is 1.19. The predicted molar refractivity (Wildman–Crippen MR) is 162 cm³/mol. The molecule has 0 radical (unpaired) electrons. The molecule has 1 aliphatic heterocycles. The second kappa shape index (κ2) is 12.3. The van der Waals surface area contributed by atoms with E-state index in [1.165, 1.54) is 27.9 Å². The molecular weight excluding hydrogens is 492 g/mol. The second-order valence-electron chi connectivity index (χ2n) is 10.7. The summed E-state index contributed by atoms with van der Waals surface area (Å²) in [6.45, 7) is 11.0. The summed E-state index contributed by atoms with van der Waals surface area (Å²) >= 11 is 0. The van der Waals surface area contributed by atoms with Crippen LogP contribution in [0.4, 0.5) is 5.69 Å². The normalized spacial score (nSPS) is 13.7. The molecular formula is C35H36N4O. The Hall–Kier alpha value is -4.27. The molecule has 0 saturated carbocycles. The van der Waals surface area contributed by atoms with Gasteiger partial charge in [0.2, 0.25) is 0 Å². The van der Waals surface area contributed by atoms with Crippen LogP contribution in [0.3, 0.4) is 0 Å². The molecule has 5 heteroatoms. The summed E-state index contributed by atoms with van der Waals surface area (Å²) in [6.07, 6.45) is 8.82. The summed E-state index contributed by atoms with van der Waals surface area (Å²) in [5.41, 5.74) is 10.3. The summed E-state index contributed by atoms with van der Waals surface area (Å²) in [4.78, 5) is 25.9. The maximum absolute atomic E-state index is 11.6. The van der Waals surface area contributed by atoms with Gasteiger partial charge >= 0.3 is 0 Å². The lowest BCUT2D eigenvalue weighted by molar-refractivity contribution is 0.101. The van der Waals surface area contributed by atoms with Crippen LogP contribution < -0.4 is 4.90 Å². The number of nitrogens with zero attached hydrogens (tertiary/aromatic N) is 4. The van der Waals surface area contributed by atoms with Gasteiger partial charge in [0.05, 0.1) is 0 Å². The smallest absolute Gasteiger partial charge is 0.159 e. The molecule has 5 nitrogen and oxygen atoms in total. The van der Waals surface area contributed by atoms with E-state index in [4.69, 9.17) is 11.4 Å². The van der Waals surface area contributed by atoms with Gasteiger partial charge in [0.25, 0.3) is 0 Å². The number of aryl methyl sites for hydroxylation is 2. The molecule has 0 spiro atoms. The fourth-order valence-electron chi connectivity index (χ4n) is 5.49. The number of anilines is 1. The summed E-state index contributed by atoms with van der Waals surface area (Å²) in [7, 11) is 0. The zero-order chi connectivity index (χ0) is 28.1. The van der Waals surface area contributed by atoms with Crippen molar-refractivity contribution < 1.29 is 4.79 Å². The SMILES string of the molecule is C#Cc1ccc(Cc2nccc(Cc3c(C)cc(CN4CCN(c5ccc(C(C)=O)cc5)CC4)cc3C)n2)cc1. The average Bonchev–Trinajstić information content (AvgIpc) is 2.96. The number of piperazine rings is 1. The Labute approximate surface area is 237 Å². The van der Waals surface area contributed by atoms with Crippen LogP contribution in [0, 0.1) is 26.2 Å². The molecule has 0 atom stereocenters. The lowest BCUT2D eigenvalue weighted by Crippen LogP contribution is -2.46. The van der Waals surface area contributed by atoms with Crippen LogP contribution in [-0.4, -0.2) is 46.8 Å². The Morgan fingerprint density at radius 1 is 0.875 bits per heavy atom. The van der Waals surface area contributed by atoms with Gasteiger partial charge in [0.15, 0.2) is 5.78 Å². The van der Waals surface area contributed by atoms with Crippen molar-refractivity contribution >= 4 is 11.5 Å². The molecule has 0 N–H and O–H groups in total. The molecule has 40 heavy (non-hydrogen) atoms. The lowest BCUT2D eigenvalue weighted by atomic mass is 9.95. The van der Waals surface area contributed by atoms with E-state index in [0.717, 1.165) is 67.4 Å². The van der Waals surface area contributed by atoms with Gasteiger partial charge in [-0.25, -0.2) is 9.97 Å². The second-order valence-corrected chi connectivity index (χ2v) is 10.7. The van der Waals surface area contributed by atoms with Crippen LogP contribution in [0.25, 0.3) is 0 Å². The number of terminal acetylenes is 1. The van der Waals surface area contributed by atoms with E-state index in [1.54, 1.807) is 6.92 Å². The lowest BCUT2D eigenvalue weighted by Gasteiger charge is -2.36. The molecule has 2 heterocycles. The maximum atomic E-state index is 11.6. The van der Waals surface area contributed by atoms with Gasteiger partial charge < -0.3 is 4.90 Å². The average molecular weight is 529 g/mol. The first-order chi connectivity index (χ1) is 19.4. The Bertz CT molecular complexity index is 1500. The van der Waals surface area contributed by atoms with Gasteiger partial charge in [-0.3, -0.25) is 9.69 Å². The number of carbonyl (C=O) groups is 1. The third-order valence-electron chi connectivity index (χ3n) is 7.78. The largest absolute Gasteiger partial charge is 0.369 e. The first-order valence-electron chi connectivity index (χ1n) is 13.9. The topological polar surface area (TPSA) is 49.3 Å². The van der Waals surface area contributed by atoms with Gasteiger partial charge in [-0.15, -0.1) is 6.42 Å². The molecule has 0 bridgehead atoms. The fraction of sp³-hybridized carbons (Fsp3) is 0.286. The van der Waals surface area contributed by atoms with E-state index in [9.17, 15) is 4.79 Å². The molecule has 1 aromatic heterocycles. The van der Waals surface area contributed by atoms with Gasteiger partial charge in [-0.05, 0) is 91.1 Å². The number of benzene rings is 3. The van der Waals surface area contributed by atoms with Crippen molar-refractivity contribution in [2.24, 2.45) is 0 Å². The number of ketones is 1. The highest BCUT2D eigenvalue weighted by Gasteiger charge is 2.18. The van der Waals surface area contributed by atoms with Crippen molar-refractivity contribution in [1.82, 2.24) is 14.9 Å². The summed E-state index contributed by atoms with van der Waals surface area (Å²) in [6, 6.07) is 22.7. The molecule has 4 aromatic rings. The molecule has 0 aliphatic carbocycles. The first-order valence-corrected chi connectivity index (χ1v) is 13.9. The molecule has 5 rings (SSSR count). The molecule has 3 aromatic carbocycles. The van der Waals surface area contributed by atoms with E-state index in [-0.39, 0.29) is 5.78 Å². The van der Waals surface area contributed by atoms with Crippen molar-refractivity contribution in [2.45, 2.75) is 40.2 Å². The van der Waals surface area contributed by atoms with Crippen molar-refractivity contribution in [1.29, 1.82) is 0 Å². The molecule has 202 valence electrons. The number of carbonyl (C=O) groups excluding carboxylic acids is 1. The summed E-state index contributed by atoms with van der Waals surface area (Å²) in [5.74, 6) is 3.59. The van der Waals surface area contributed by atoms with Crippen molar-refractivity contribution in [3.63, 3.8) is 0 Å². The van der Waals surface area contributed by atoms with E-state index in [0.29, 0.717) is 6.42 Å².